The largest absolute Gasteiger partial charge is 0.497 e. The molecule has 0 aliphatic carbocycles. The highest BCUT2D eigenvalue weighted by atomic mass is 35.5. The highest BCUT2D eigenvalue weighted by Crippen LogP contribution is 2.31. The van der Waals surface area contributed by atoms with E-state index in [0.717, 1.165) is 33.5 Å². The molecule has 0 unspecified atom stereocenters. The molecule has 1 amide bonds. The monoisotopic (exact) mass is 387 g/mol. The second-order valence-corrected chi connectivity index (χ2v) is 7.57. The molecule has 1 fully saturated rings. The van der Waals surface area contributed by atoms with Crippen molar-refractivity contribution >= 4 is 44.2 Å². The summed E-state index contributed by atoms with van der Waals surface area (Å²) in [4.78, 5) is 21.5. The number of halogens is 1. The van der Waals surface area contributed by atoms with Crippen molar-refractivity contribution in [2.24, 2.45) is 0 Å². The van der Waals surface area contributed by atoms with Gasteiger partial charge in [0.05, 0.1) is 17.3 Å². The molecule has 1 aliphatic rings. The molecule has 1 saturated heterocycles. The Kier molecular flexibility index (Phi) is 4.70. The van der Waals surface area contributed by atoms with Gasteiger partial charge in [-0.15, -0.1) is 0 Å². The number of methoxy groups -OCH3 is 1. The van der Waals surface area contributed by atoms with Crippen molar-refractivity contribution in [3.63, 3.8) is 0 Å². The summed E-state index contributed by atoms with van der Waals surface area (Å²) in [6.07, 6.45) is 0. The third-order valence-corrected chi connectivity index (χ3v) is 5.81. The van der Waals surface area contributed by atoms with Crippen LogP contribution in [0.2, 0.25) is 5.02 Å². The van der Waals surface area contributed by atoms with Gasteiger partial charge in [0.15, 0.2) is 5.13 Å². The Balaban J connectivity index is 1.45. The van der Waals surface area contributed by atoms with Crippen LogP contribution in [0.15, 0.2) is 42.5 Å². The first-order chi connectivity index (χ1) is 12.6. The van der Waals surface area contributed by atoms with E-state index in [4.69, 9.17) is 21.3 Å². The quantitative estimate of drug-likeness (QED) is 0.683. The van der Waals surface area contributed by atoms with Gasteiger partial charge < -0.3 is 14.5 Å². The number of amides is 1. The molecule has 5 nitrogen and oxygen atoms in total. The molecular formula is C19H18ClN3O2S. The number of nitrogens with zero attached hydrogens (tertiary/aromatic N) is 3. The van der Waals surface area contributed by atoms with Crippen molar-refractivity contribution in [1.82, 2.24) is 9.88 Å². The van der Waals surface area contributed by atoms with Crippen molar-refractivity contribution in [1.29, 1.82) is 0 Å². The van der Waals surface area contributed by atoms with Gasteiger partial charge in [0.2, 0.25) is 0 Å². The SMILES string of the molecule is COc1cccc(C(=O)N2CCN(c3nc4ccc(Cl)cc4s3)CC2)c1. The van der Waals surface area contributed by atoms with Crippen molar-refractivity contribution in [2.75, 3.05) is 38.2 Å². The van der Waals surface area contributed by atoms with Crippen LogP contribution in [0.25, 0.3) is 10.2 Å². The number of anilines is 1. The lowest BCUT2D eigenvalue weighted by Crippen LogP contribution is -2.48. The van der Waals surface area contributed by atoms with Crippen LogP contribution in [-0.2, 0) is 0 Å². The molecule has 0 saturated carbocycles. The minimum atomic E-state index is 0.0413. The average molecular weight is 388 g/mol. The maximum absolute atomic E-state index is 12.7. The fourth-order valence-corrected chi connectivity index (χ4v) is 4.35. The van der Waals surface area contributed by atoms with Gasteiger partial charge in [-0.2, -0.15) is 0 Å². The molecule has 134 valence electrons. The highest BCUT2D eigenvalue weighted by Gasteiger charge is 2.24. The molecule has 26 heavy (non-hydrogen) atoms. The number of aromatic nitrogens is 1. The van der Waals surface area contributed by atoms with Crippen molar-refractivity contribution < 1.29 is 9.53 Å². The summed E-state index contributed by atoms with van der Waals surface area (Å²) < 4.78 is 6.29. The molecule has 3 aromatic rings. The lowest BCUT2D eigenvalue weighted by molar-refractivity contribution is 0.0746. The van der Waals surface area contributed by atoms with Crippen LogP contribution in [0.3, 0.4) is 0 Å². The van der Waals surface area contributed by atoms with Gasteiger partial charge >= 0.3 is 0 Å². The first-order valence-electron chi connectivity index (χ1n) is 8.38. The number of rotatable bonds is 3. The van der Waals surface area contributed by atoms with E-state index in [-0.39, 0.29) is 5.91 Å². The number of piperazine rings is 1. The summed E-state index contributed by atoms with van der Waals surface area (Å²) in [6.45, 7) is 2.88. The lowest BCUT2D eigenvalue weighted by atomic mass is 10.1. The van der Waals surface area contributed by atoms with Gasteiger partial charge in [-0.3, -0.25) is 4.79 Å². The van der Waals surface area contributed by atoms with Gasteiger partial charge in [-0.1, -0.05) is 29.0 Å². The molecule has 1 aliphatic heterocycles. The second kappa shape index (κ2) is 7.13. The van der Waals surface area contributed by atoms with Gasteiger partial charge in [0, 0.05) is 36.8 Å². The summed E-state index contributed by atoms with van der Waals surface area (Å²) >= 11 is 7.70. The summed E-state index contributed by atoms with van der Waals surface area (Å²) in [5.74, 6) is 0.738. The van der Waals surface area contributed by atoms with Crippen molar-refractivity contribution in [3.8, 4) is 5.75 Å². The van der Waals surface area contributed by atoms with Gasteiger partial charge in [-0.25, -0.2) is 4.98 Å². The Morgan fingerprint density at radius 2 is 1.96 bits per heavy atom. The minimum absolute atomic E-state index is 0.0413. The number of carbonyl (C=O) groups is 1. The van der Waals surface area contributed by atoms with Crippen LogP contribution >= 0.6 is 22.9 Å². The number of benzene rings is 2. The molecule has 0 bridgehead atoms. The van der Waals surface area contributed by atoms with Crippen LogP contribution in [-0.4, -0.2) is 49.1 Å². The van der Waals surface area contributed by atoms with E-state index in [1.165, 1.54) is 0 Å². The third-order valence-electron chi connectivity index (χ3n) is 4.49. The fourth-order valence-electron chi connectivity index (χ4n) is 3.06. The molecule has 4 rings (SSSR count). The Hall–Kier alpha value is -2.31. The van der Waals surface area contributed by atoms with Crippen LogP contribution in [0.4, 0.5) is 5.13 Å². The molecule has 0 atom stereocenters. The molecular weight excluding hydrogens is 370 g/mol. The van der Waals surface area contributed by atoms with Gasteiger partial charge in [0.1, 0.15) is 5.75 Å². The maximum Gasteiger partial charge on any atom is 0.254 e. The number of thiazole rings is 1. The number of fused-ring (bicyclic) bond motifs is 1. The zero-order chi connectivity index (χ0) is 18.1. The average Bonchev–Trinajstić information content (AvgIpc) is 3.10. The van der Waals surface area contributed by atoms with E-state index >= 15 is 0 Å². The lowest BCUT2D eigenvalue weighted by Gasteiger charge is -2.34. The molecule has 2 aromatic carbocycles. The van der Waals surface area contributed by atoms with Gasteiger partial charge in [0.25, 0.3) is 5.91 Å². The summed E-state index contributed by atoms with van der Waals surface area (Å²) in [6, 6.07) is 13.0. The maximum atomic E-state index is 12.7. The van der Waals surface area contributed by atoms with E-state index < -0.39 is 0 Å². The van der Waals surface area contributed by atoms with Crippen molar-refractivity contribution in [3.05, 3.63) is 53.1 Å². The molecule has 0 radical (unpaired) electrons. The minimum Gasteiger partial charge on any atom is -0.497 e. The van der Waals surface area contributed by atoms with Crippen LogP contribution in [0.1, 0.15) is 10.4 Å². The Bertz CT molecular complexity index is 951. The molecule has 0 spiro atoms. The number of hydrogen-bond acceptors (Lipinski definition) is 5. The highest BCUT2D eigenvalue weighted by molar-refractivity contribution is 7.22. The number of ether oxygens (including phenoxy) is 1. The summed E-state index contributed by atoms with van der Waals surface area (Å²) in [5.41, 5.74) is 1.62. The topological polar surface area (TPSA) is 45.7 Å². The Morgan fingerprint density at radius 3 is 2.73 bits per heavy atom. The van der Waals surface area contributed by atoms with E-state index in [9.17, 15) is 4.79 Å². The molecule has 1 aromatic heterocycles. The van der Waals surface area contributed by atoms with Crippen LogP contribution in [0, 0.1) is 0 Å². The van der Waals surface area contributed by atoms with Crippen LogP contribution < -0.4 is 9.64 Å². The fraction of sp³-hybridized carbons (Fsp3) is 0.263. The van der Waals surface area contributed by atoms with E-state index in [1.54, 1.807) is 24.5 Å². The molecule has 0 N–H and O–H groups in total. The predicted octanol–water partition coefficient (Wildman–Crippen LogP) is 3.92. The van der Waals surface area contributed by atoms with Crippen LogP contribution in [0.5, 0.6) is 5.75 Å². The molecule has 7 heteroatoms. The second-order valence-electron chi connectivity index (χ2n) is 6.12. The molecule has 2 heterocycles. The first kappa shape index (κ1) is 17.1. The number of carbonyl (C=O) groups excluding carboxylic acids is 1. The normalized spacial score (nSPS) is 14.7. The summed E-state index contributed by atoms with van der Waals surface area (Å²) in [7, 11) is 1.60. The summed E-state index contributed by atoms with van der Waals surface area (Å²) in [5, 5.41) is 1.71. The standard InChI is InChI=1S/C19H18ClN3O2S/c1-25-15-4-2-3-13(11-15)18(24)22-7-9-23(10-8-22)19-21-16-6-5-14(20)12-17(16)26-19/h2-6,11-12H,7-10H2,1H3. The zero-order valence-electron chi connectivity index (χ0n) is 14.3. The van der Waals surface area contributed by atoms with E-state index in [0.29, 0.717) is 24.4 Å². The zero-order valence-corrected chi connectivity index (χ0v) is 15.9. The van der Waals surface area contributed by atoms with Gasteiger partial charge in [-0.05, 0) is 36.4 Å². The number of hydrogen-bond donors (Lipinski definition) is 0. The van der Waals surface area contributed by atoms with E-state index in [2.05, 4.69) is 4.90 Å². The van der Waals surface area contributed by atoms with Crippen molar-refractivity contribution in [2.45, 2.75) is 0 Å². The third kappa shape index (κ3) is 3.34. The predicted molar refractivity (Wildman–Crippen MR) is 106 cm³/mol. The smallest absolute Gasteiger partial charge is 0.254 e. The Morgan fingerprint density at radius 1 is 1.15 bits per heavy atom. The van der Waals surface area contributed by atoms with E-state index in [1.807, 2.05) is 41.3 Å². The Labute approximate surface area is 160 Å². The first-order valence-corrected chi connectivity index (χ1v) is 9.58.